The molecular weight excluding hydrogens is 184 g/mol. The molecule has 0 amide bonds. The van der Waals surface area contributed by atoms with Crippen molar-refractivity contribution in [2.75, 3.05) is 7.11 Å². The summed E-state index contributed by atoms with van der Waals surface area (Å²) in [4.78, 5) is 0. The Balaban J connectivity index is 2.54. The van der Waals surface area contributed by atoms with E-state index in [-0.39, 0.29) is 0 Å². The quantitative estimate of drug-likeness (QED) is 0.692. The highest BCUT2D eigenvalue weighted by Gasteiger charge is 1.94. The summed E-state index contributed by atoms with van der Waals surface area (Å²) in [5.41, 5.74) is 1.09. The van der Waals surface area contributed by atoms with Gasteiger partial charge in [0.1, 0.15) is 12.4 Å². The van der Waals surface area contributed by atoms with Gasteiger partial charge in [-0.15, -0.1) is 0 Å². The molecule has 0 spiro atoms. The highest BCUT2D eigenvalue weighted by molar-refractivity contribution is 7.80. The number of hydrogen-bond acceptors (Lipinski definition) is 3. The second-order valence-corrected chi connectivity index (χ2v) is 3.20. The fourth-order valence-corrected chi connectivity index (χ4v) is 0.966. The van der Waals surface area contributed by atoms with E-state index in [4.69, 9.17) is 21.7 Å². The smallest absolute Gasteiger partial charge is 0.157 e. The molecule has 2 nitrogen and oxygen atoms in total. The Morgan fingerprint density at radius 2 is 1.92 bits per heavy atom. The summed E-state index contributed by atoms with van der Waals surface area (Å²) in [5, 5.41) is 0.566. The maximum atomic E-state index is 5.19. The van der Waals surface area contributed by atoms with Gasteiger partial charge in [0.05, 0.1) is 7.11 Å². The molecule has 1 rings (SSSR count). The molecule has 0 aliphatic heterocycles. The minimum Gasteiger partial charge on any atom is -0.497 e. The van der Waals surface area contributed by atoms with Gasteiger partial charge in [-0.05, 0) is 29.9 Å². The number of thiocarbonyl (C=S) groups is 1. The van der Waals surface area contributed by atoms with Crippen LogP contribution in [0.3, 0.4) is 0 Å². The molecule has 0 fully saturated rings. The Kier molecular flexibility index (Phi) is 3.71. The van der Waals surface area contributed by atoms with Crippen molar-refractivity contribution in [1.29, 1.82) is 0 Å². The summed E-state index contributed by atoms with van der Waals surface area (Å²) in [6.45, 7) is 2.29. The van der Waals surface area contributed by atoms with Crippen LogP contribution in [0.5, 0.6) is 5.75 Å². The van der Waals surface area contributed by atoms with Crippen LogP contribution in [0.4, 0.5) is 0 Å². The lowest BCUT2D eigenvalue weighted by Gasteiger charge is -2.04. The van der Waals surface area contributed by atoms with Crippen molar-refractivity contribution < 1.29 is 9.47 Å². The lowest BCUT2D eigenvalue weighted by molar-refractivity contribution is 0.298. The Bertz CT molecular complexity index is 279. The van der Waals surface area contributed by atoms with Crippen LogP contribution >= 0.6 is 12.2 Å². The average molecular weight is 196 g/mol. The first-order valence-corrected chi connectivity index (χ1v) is 4.39. The van der Waals surface area contributed by atoms with Gasteiger partial charge in [-0.2, -0.15) is 0 Å². The highest BCUT2D eigenvalue weighted by atomic mass is 32.1. The summed E-state index contributed by atoms with van der Waals surface area (Å²) in [6.07, 6.45) is 0. The second kappa shape index (κ2) is 4.82. The van der Waals surface area contributed by atoms with E-state index in [1.165, 1.54) is 0 Å². The van der Waals surface area contributed by atoms with Gasteiger partial charge < -0.3 is 9.47 Å². The Labute approximate surface area is 83.5 Å². The molecular formula is C10H12O2S. The molecule has 1 aromatic carbocycles. The van der Waals surface area contributed by atoms with Crippen molar-refractivity contribution in [3.05, 3.63) is 29.8 Å². The molecule has 3 heteroatoms. The van der Waals surface area contributed by atoms with Gasteiger partial charge in [-0.1, -0.05) is 12.1 Å². The maximum absolute atomic E-state index is 5.19. The zero-order chi connectivity index (χ0) is 9.68. The molecule has 0 N–H and O–H groups in total. The Hall–Kier alpha value is -1.09. The third-order valence-electron chi connectivity index (χ3n) is 1.60. The van der Waals surface area contributed by atoms with Crippen LogP contribution in [-0.4, -0.2) is 12.2 Å². The summed E-state index contributed by atoms with van der Waals surface area (Å²) < 4.78 is 10.2. The van der Waals surface area contributed by atoms with Crippen LogP contribution < -0.4 is 4.74 Å². The summed E-state index contributed by atoms with van der Waals surface area (Å²) in [5.74, 6) is 0.850. The third kappa shape index (κ3) is 3.42. The number of ether oxygens (including phenoxy) is 2. The standard InChI is InChI=1S/C10H12O2S/c1-8(13)12-7-9-3-5-10(11-2)6-4-9/h3-6H,7H2,1-2H3. The fourth-order valence-electron chi connectivity index (χ4n) is 0.907. The minimum atomic E-state index is 0.527. The number of benzene rings is 1. The zero-order valence-corrected chi connectivity index (χ0v) is 8.56. The molecule has 0 radical (unpaired) electrons. The van der Waals surface area contributed by atoms with Crippen LogP contribution in [0.15, 0.2) is 24.3 Å². The first-order chi connectivity index (χ1) is 6.22. The summed E-state index contributed by atoms with van der Waals surface area (Å²) in [7, 11) is 1.65. The fraction of sp³-hybridized carbons (Fsp3) is 0.300. The molecule has 0 bridgehead atoms. The van der Waals surface area contributed by atoms with Crippen LogP contribution in [0.2, 0.25) is 0 Å². The SMILES string of the molecule is COc1ccc(COC(C)=S)cc1. The van der Waals surface area contributed by atoms with Crippen molar-refractivity contribution in [2.45, 2.75) is 13.5 Å². The first-order valence-electron chi connectivity index (χ1n) is 3.98. The van der Waals surface area contributed by atoms with Gasteiger partial charge in [0.2, 0.25) is 0 Å². The number of hydrogen-bond donors (Lipinski definition) is 0. The normalized spacial score (nSPS) is 9.38. The number of rotatable bonds is 3. The number of methoxy groups -OCH3 is 1. The third-order valence-corrected chi connectivity index (χ3v) is 1.72. The van der Waals surface area contributed by atoms with E-state index in [9.17, 15) is 0 Å². The van der Waals surface area contributed by atoms with E-state index in [0.717, 1.165) is 11.3 Å². The monoisotopic (exact) mass is 196 g/mol. The van der Waals surface area contributed by atoms with Crippen molar-refractivity contribution in [3.8, 4) is 5.75 Å². The molecule has 0 aliphatic rings. The minimum absolute atomic E-state index is 0.527. The molecule has 0 saturated heterocycles. The van der Waals surface area contributed by atoms with Crippen molar-refractivity contribution in [1.82, 2.24) is 0 Å². The lowest BCUT2D eigenvalue weighted by atomic mass is 10.2. The predicted octanol–water partition coefficient (Wildman–Crippen LogP) is 2.56. The van der Waals surface area contributed by atoms with Gasteiger partial charge in [0, 0.05) is 6.92 Å². The first kappa shape index (κ1) is 9.99. The average Bonchev–Trinajstić information content (AvgIpc) is 2.15. The second-order valence-electron chi connectivity index (χ2n) is 2.63. The van der Waals surface area contributed by atoms with Gasteiger partial charge in [0.25, 0.3) is 0 Å². The zero-order valence-electron chi connectivity index (χ0n) is 7.74. The highest BCUT2D eigenvalue weighted by Crippen LogP contribution is 2.11. The van der Waals surface area contributed by atoms with E-state index in [1.54, 1.807) is 14.0 Å². The van der Waals surface area contributed by atoms with Gasteiger partial charge in [0.15, 0.2) is 5.05 Å². The van der Waals surface area contributed by atoms with Crippen LogP contribution in [0.25, 0.3) is 0 Å². The van der Waals surface area contributed by atoms with Crippen LogP contribution in [0.1, 0.15) is 12.5 Å². The maximum Gasteiger partial charge on any atom is 0.157 e. The molecule has 0 aromatic heterocycles. The summed E-state index contributed by atoms with van der Waals surface area (Å²) >= 11 is 4.80. The topological polar surface area (TPSA) is 18.5 Å². The van der Waals surface area contributed by atoms with Crippen LogP contribution in [-0.2, 0) is 11.3 Å². The Morgan fingerprint density at radius 3 is 2.38 bits per heavy atom. The van der Waals surface area contributed by atoms with Crippen LogP contribution in [0, 0.1) is 0 Å². The summed E-state index contributed by atoms with van der Waals surface area (Å²) in [6, 6.07) is 7.71. The molecule has 13 heavy (non-hydrogen) atoms. The van der Waals surface area contributed by atoms with E-state index in [1.807, 2.05) is 24.3 Å². The predicted molar refractivity (Wildman–Crippen MR) is 56.1 cm³/mol. The van der Waals surface area contributed by atoms with E-state index in [0.29, 0.717) is 11.7 Å². The van der Waals surface area contributed by atoms with Crippen molar-refractivity contribution in [3.63, 3.8) is 0 Å². The Morgan fingerprint density at radius 1 is 1.31 bits per heavy atom. The van der Waals surface area contributed by atoms with Gasteiger partial charge >= 0.3 is 0 Å². The van der Waals surface area contributed by atoms with Gasteiger partial charge in [-0.25, -0.2) is 0 Å². The molecule has 0 atom stereocenters. The lowest BCUT2D eigenvalue weighted by Crippen LogP contribution is -1.96. The van der Waals surface area contributed by atoms with E-state index < -0.39 is 0 Å². The largest absolute Gasteiger partial charge is 0.497 e. The van der Waals surface area contributed by atoms with E-state index in [2.05, 4.69) is 0 Å². The molecule has 1 aromatic rings. The van der Waals surface area contributed by atoms with Crippen molar-refractivity contribution in [2.24, 2.45) is 0 Å². The molecule has 70 valence electrons. The molecule has 0 aliphatic carbocycles. The molecule has 0 heterocycles. The van der Waals surface area contributed by atoms with Gasteiger partial charge in [-0.3, -0.25) is 0 Å². The van der Waals surface area contributed by atoms with Crippen molar-refractivity contribution >= 4 is 17.3 Å². The molecule has 0 saturated carbocycles. The van der Waals surface area contributed by atoms with E-state index >= 15 is 0 Å². The molecule has 0 unspecified atom stereocenters.